The third-order valence-corrected chi connectivity index (χ3v) is 11.5. The summed E-state index contributed by atoms with van der Waals surface area (Å²) in [6, 6.07) is 50.6. The minimum absolute atomic E-state index is 0. The Labute approximate surface area is 262 Å². The van der Waals surface area contributed by atoms with E-state index in [1.54, 1.807) is 0 Å². The molecule has 5 aromatic carbocycles. The first-order chi connectivity index (χ1) is 19.1. The molecule has 0 unspecified atom stereocenters. The Hall–Kier alpha value is -2.82. The summed E-state index contributed by atoms with van der Waals surface area (Å²) in [5.74, 6) is 0. The average Bonchev–Trinajstić information content (AvgIpc) is 2.95. The van der Waals surface area contributed by atoms with Gasteiger partial charge < -0.3 is 0 Å². The summed E-state index contributed by atoms with van der Waals surface area (Å²) in [4.78, 5) is 4.08. The summed E-state index contributed by atoms with van der Waals surface area (Å²) in [5, 5.41) is 0. The lowest BCUT2D eigenvalue weighted by molar-refractivity contribution is -0.597. The average molecular weight is 673 g/mol. The second kappa shape index (κ2) is 14.9. The van der Waals surface area contributed by atoms with Gasteiger partial charge in [0.25, 0.3) is 0 Å². The first kappa shape index (κ1) is 32.7. The highest BCUT2D eigenvalue weighted by molar-refractivity contribution is 7.97. The van der Waals surface area contributed by atoms with Gasteiger partial charge in [-0.2, -0.15) is 0 Å². The Bertz CT molecular complexity index is 1280. The fourth-order valence-electron chi connectivity index (χ4n) is 4.23. The van der Waals surface area contributed by atoms with Gasteiger partial charge in [-0.25, -0.2) is 0 Å². The summed E-state index contributed by atoms with van der Waals surface area (Å²) >= 11 is -0.0703. The van der Waals surface area contributed by atoms with Gasteiger partial charge >= 0.3 is 21.2 Å². The van der Waals surface area contributed by atoms with Gasteiger partial charge in [0.1, 0.15) is 0 Å². The van der Waals surface area contributed by atoms with E-state index >= 15 is 0 Å². The van der Waals surface area contributed by atoms with Crippen LogP contribution in [0.4, 0.5) is 0 Å². The molecule has 0 fully saturated rings. The summed E-state index contributed by atoms with van der Waals surface area (Å²) in [6.45, 7) is 13.6. The highest BCUT2D eigenvalue weighted by Crippen LogP contribution is 2.30. The maximum atomic E-state index is 2.31. The van der Waals surface area contributed by atoms with Crippen molar-refractivity contribution in [2.24, 2.45) is 0 Å². The smallest absolute Gasteiger partial charge is 0.0776 e. The molecular weight excluding hydrogens is 627 g/mol. The van der Waals surface area contributed by atoms with Crippen molar-refractivity contribution >= 4 is 10.9 Å². The molecule has 0 spiro atoms. The van der Waals surface area contributed by atoms with E-state index < -0.39 is 0 Å². The highest BCUT2D eigenvalue weighted by Gasteiger charge is 2.27. The van der Waals surface area contributed by atoms with Crippen LogP contribution in [-0.4, -0.2) is 0 Å². The first-order valence-electron chi connectivity index (χ1n) is 13.9. The fraction of sp³-hybridized carbons (Fsp3) is 0.231. The molecule has 5 aromatic rings. The second-order valence-corrected chi connectivity index (χ2v) is 16.9. The van der Waals surface area contributed by atoms with Crippen molar-refractivity contribution in [3.63, 3.8) is 0 Å². The lowest BCUT2D eigenvalue weighted by Crippen LogP contribution is -3.61. The van der Waals surface area contributed by atoms with Gasteiger partial charge in [-0.3, -0.25) is 0 Å². The fourth-order valence-corrected chi connectivity index (χ4v) is 8.49. The van der Waals surface area contributed by atoms with Crippen LogP contribution in [0.5, 0.6) is 0 Å². The van der Waals surface area contributed by atoms with Crippen LogP contribution >= 0.6 is 0 Å². The predicted molar refractivity (Wildman–Crippen MR) is 176 cm³/mol. The molecule has 0 bridgehead atoms. The minimum atomic E-state index is -0.0703. The van der Waals surface area contributed by atoms with Gasteiger partial charge in [0.05, 0.1) is 10.9 Å². The quantitative estimate of drug-likeness (QED) is 0.132. The van der Waals surface area contributed by atoms with Gasteiger partial charge in [0, 0.05) is 0 Å². The molecule has 0 aliphatic carbocycles. The van der Waals surface area contributed by atoms with Gasteiger partial charge in [-0.1, -0.05) is 128 Å². The minimum Gasteiger partial charge on any atom is -0.0776 e. The van der Waals surface area contributed by atoms with Crippen molar-refractivity contribution in [3.8, 4) is 0 Å². The van der Waals surface area contributed by atoms with E-state index in [1.807, 2.05) is 0 Å². The lowest BCUT2D eigenvalue weighted by atomic mass is 9.87. The molecule has 0 aliphatic heterocycles. The van der Waals surface area contributed by atoms with E-state index in [-0.39, 0.29) is 50.4 Å². The van der Waals surface area contributed by atoms with Crippen molar-refractivity contribution in [1.29, 1.82) is 0 Å². The van der Waals surface area contributed by atoms with Crippen molar-refractivity contribution in [2.75, 3.05) is 0 Å². The van der Waals surface area contributed by atoms with Crippen LogP contribution < -0.4 is 21.2 Å². The Kier molecular flexibility index (Phi) is 11.9. The van der Waals surface area contributed by atoms with Crippen LogP contribution in [0, 0.1) is 7.14 Å². The number of hydrogen-bond acceptors (Lipinski definition) is 0. The molecule has 0 amide bonds. The number of hydrogen-bond donors (Lipinski definition) is 0. The van der Waals surface area contributed by atoms with Crippen LogP contribution in [-0.2, 0) is 21.7 Å². The maximum Gasteiger partial charge on any atom is 0.357 e. The molecule has 0 atom stereocenters. The molecule has 0 radical (unpaired) electrons. The summed E-state index contributed by atoms with van der Waals surface area (Å²) in [5.41, 5.74) is 3.31. The standard InChI is InChI=1S/C20H26I.C18H15S.CH4/c1-19(2,3)15-7-11-17(12-8-15)21-18-13-9-16(10-14-18)20(4,5)6;1-4-10-16(11-5-1)19(17-12-6-2-7-13-17)18-14-8-3-9-15-18;/h7-14H,1-6H3;1-15H;1H4/q2*+1;. The third-order valence-electron chi connectivity index (χ3n) is 6.58. The van der Waals surface area contributed by atoms with E-state index in [0.29, 0.717) is 0 Å². The molecule has 41 heavy (non-hydrogen) atoms. The Morgan fingerprint density at radius 1 is 0.390 bits per heavy atom. The maximum absolute atomic E-state index is 2.31. The molecule has 0 saturated carbocycles. The zero-order valence-electron chi connectivity index (χ0n) is 24.6. The van der Waals surface area contributed by atoms with Crippen LogP contribution in [0.1, 0.15) is 60.1 Å². The number of rotatable bonds is 5. The topological polar surface area (TPSA) is 0 Å². The van der Waals surface area contributed by atoms with E-state index in [4.69, 9.17) is 0 Å². The van der Waals surface area contributed by atoms with Gasteiger partial charge in [-0.05, 0) is 82.6 Å². The molecule has 212 valence electrons. The monoisotopic (exact) mass is 672 g/mol. The summed E-state index contributed by atoms with van der Waals surface area (Å²) in [7, 11) is -0.0146. The molecular formula is C39H45IS+2. The van der Waals surface area contributed by atoms with Crippen LogP contribution in [0.25, 0.3) is 0 Å². The summed E-state index contributed by atoms with van der Waals surface area (Å²) < 4.78 is 2.98. The molecule has 0 nitrogen and oxygen atoms in total. The Morgan fingerprint density at radius 2 is 0.659 bits per heavy atom. The van der Waals surface area contributed by atoms with Gasteiger partial charge in [0.2, 0.25) is 0 Å². The summed E-state index contributed by atoms with van der Waals surface area (Å²) in [6.07, 6.45) is 0. The zero-order chi connectivity index (χ0) is 28.6. The Balaban J connectivity index is 0.000000221. The first-order valence-corrected chi connectivity index (χ1v) is 17.2. The molecule has 0 saturated heterocycles. The molecule has 0 heterocycles. The van der Waals surface area contributed by atoms with E-state index in [2.05, 4.69) is 181 Å². The van der Waals surface area contributed by atoms with E-state index in [0.717, 1.165) is 0 Å². The van der Waals surface area contributed by atoms with E-state index in [1.165, 1.54) is 33.0 Å². The van der Waals surface area contributed by atoms with Crippen LogP contribution in [0.3, 0.4) is 0 Å². The van der Waals surface area contributed by atoms with Crippen molar-refractivity contribution in [3.05, 3.63) is 158 Å². The van der Waals surface area contributed by atoms with Crippen LogP contribution in [0.2, 0.25) is 0 Å². The molecule has 0 N–H and O–H groups in total. The second-order valence-electron chi connectivity index (χ2n) is 11.9. The van der Waals surface area contributed by atoms with Crippen molar-refractivity contribution < 1.29 is 21.2 Å². The highest BCUT2D eigenvalue weighted by atomic mass is 127. The zero-order valence-corrected chi connectivity index (χ0v) is 27.5. The Morgan fingerprint density at radius 3 is 0.902 bits per heavy atom. The van der Waals surface area contributed by atoms with Crippen molar-refractivity contribution in [1.82, 2.24) is 0 Å². The number of benzene rings is 5. The normalized spacial score (nSPS) is 11.3. The van der Waals surface area contributed by atoms with Crippen molar-refractivity contribution in [2.45, 2.75) is 74.5 Å². The molecule has 5 rings (SSSR count). The molecule has 2 heteroatoms. The van der Waals surface area contributed by atoms with Crippen LogP contribution in [0.15, 0.2) is 154 Å². The van der Waals surface area contributed by atoms with Gasteiger partial charge in [-0.15, -0.1) is 0 Å². The SMILES string of the molecule is C.CC(C)(C)c1ccc([I+]c2ccc(C(C)(C)C)cc2)cc1.c1ccc([S+](c2ccccc2)c2ccccc2)cc1. The third kappa shape index (κ3) is 9.61. The van der Waals surface area contributed by atoms with E-state index in [9.17, 15) is 0 Å². The lowest BCUT2D eigenvalue weighted by Gasteiger charge is -2.18. The van der Waals surface area contributed by atoms with Gasteiger partial charge in [0.15, 0.2) is 21.8 Å². The largest absolute Gasteiger partial charge is 0.357 e. The predicted octanol–water partition coefficient (Wildman–Crippen LogP) is 7.83. The number of halogens is 1. The molecule has 0 aliphatic rings. The molecule has 0 aromatic heterocycles.